The topological polar surface area (TPSA) is 67.2 Å². The molecule has 0 saturated carbocycles. The van der Waals surface area contributed by atoms with Crippen molar-refractivity contribution in [2.75, 3.05) is 26.7 Å². The first-order chi connectivity index (χ1) is 11.2. The summed E-state index contributed by atoms with van der Waals surface area (Å²) in [5, 5.41) is 3.74. The van der Waals surface area contributed by atoms with Crippen molar-refractivity contribution >= 4 is 29.2 Å². The maximum Gasteiger partial charge on any atom is 0.261 e. The van der Waals surface area contributed by atoms with Gasteiger partial charge in [-0.25, -0.2) is 4.98 Å². The van der Waals surface area contributed by atoms with E-state index >= 15 is 0 Å². The Morgan fingerprint density at radius 3 is 2.71 bits per heavy atom. The molecule has 1 aromatic carbocycles. The van der Waals surface area contributed by atoms with Crippen LogP contribution in [0.3, 0.4) is 0 Å². The van der Waals surface area contributed by atoms with E-state index in [9.17, 15) is 9.59 Å². The van der Waals surface area contributed by atoms with E-state index in [1.807, 2.05) is 24.1 Å². The Morgan fingerprint density at radius 1 is 1.29 bits per heavy atom. The number of benzene rings is 1. The van der Waals surface area contributed by atoms with Gasteiger partial charge in [0, 0.05) is 13.1 Å². The summed E-state index contributed by atoms with van der Waals surface area (Å²) < 4.78 is 1.41. The lowest BCUT2D eigenvalue weighted by molar-refractivity contribution is -0.133. The zero-order valence-electron chi connectivity index (χ0n) is 13.8. The maximum atomic E-state index is 12.4. The van der Waals surface area contributed by atoms with Gasteiger partial charge in [-0.3, -0.25) is 14.2 Å². The molecule has 2 aromatic rings. The van der Waals surface area contributed by atoms with Gasteiger partial charge in [0.1, 0.15) is 6.54 Å². The van der Waals surface area contributed by atoms with Gasteiger partial charge >= 0.3 is 0 Å². The van der Waals surface area contributed by atoms with Crippen LogP contribution in [0, 0.1) is 5.92 Å². The first kappa shape index (κ1) is 18.4. The number of nitrogens with zero attached hydrogens (tertiary/aromatic N) is 3. The van der Waals surface area contributed by atoms with Crippen molar-refractivity contribution in [3.05, 3.63) is 40.9 Å². The minimum absolute atomic E-state index is 0. The van der Waals surface area contributed by atoms with Crippen LogP contribution in [0.4, 0.5) is 0 Å². The van der Waals surface area contributed by atoms with Gasteiger partial charge in [0.2, 0.25) is 5.91 Å². The summed E-state index contributed by atoms with van der Waals surface area (Å²) in [4.78, 5) is 31.0. The average molecular weight is 351 g/mol. The summed E-state index contributed by atoms with van der Waals surface area (Å²) >= 11 is 0. The second kappa shape index (κ2) is 8.26. The number of halogens is 1. The minimum Gasteiger partial charge on any atom is -0.341 e. The van der Waals surface area contributed by atoms with Crippen LogP contribution in [0.5, 0.6) is 0 Å². The van der Waals surface area contributed by atoms with E-state index in [4.69, 9.17) is 0 Å². The van der Waals surface area contributed by atoms with Crippen LogP contribution in [0.2, 0.25) is 0 Å². The van der Waals surface area contributed by atoms with Gasteiger partial charge in [-0.15, -0.1) is 12.4 Å². The zero-order valence-corrected chi connectivity index (χ0v) is 14.6. The lowest BCUT2D eigenvalue weighted by Gasteiger charge is -2.32. The smallest absolute Gasteiger partial charge is 0.261 e. The fraction of sp³-hybridized carbons (Fsp3) is 0.471. The van der Waals surface area contributed by atoms with E-state index < -0.39 is 0 Å². The number of carbonyl (C=O) groups is 1. The highest BCUT2D eigenvalue weighted by atomic mass is 35.5. The molecule has 0 aliphatic carbocycles. The Hall–Kier alpha value is -1.92. The lowest BCUT2D eigenvalue weighted by atomic mass is 9.97. The molecule has 6 nitrogen and oxygen atoms in total. The fourth-order valence-electron chi connectivity index (χ4n) is 3.14. The quantitative estimate of drug-likeness (QED) is 0.902. The van der Waals surface area contributed by atoms with Gasteiger partial charge in [-0.2, -0.15) is 0 Å². The molecule has 24 heavy (non-hydrogen) atoms. The van der Waals surface area contributed by atoms with E-state index in [1.165, 1.54) is 10.9 Å². The number of hydrogen-bond acceptors (Lipinski definition) is 4. The van der Waals surface area contributed by atoms with Crippen molar-refractivity contribution in [2.24, 2.45) is 5.92 Å². The number of para-hydroxylation sites is 1. The Labute approximate surface area is 147 Å². The maximum absolute atomic E-state index is 12.4. The molecular formula is C17H23ClN4O2. The van der Waals surface area contributed by atoms with Gasteiger partial charge < -0.3 is 10.2 Å². The van der Waals surface area contributed by atoms with Crippen molar-refractivity contribution in [3.8, 4) is 0 Å². The van der Waals surface area contributed by atoms with Crippen LogP contribution in [-0.2, 0) is 11.3 Å². The number of rotatable bonds is 4. The molecule has 1 amide bonds. The van der Waals surface area contributed by atoms with E-state index in [0.717, 1.165) is 32.5 Å². The number of likely N-dealkylation sites (tertiary alicyclic amines) is 1. The predicted octanol–water partition coefficient (Wildman–Crippen LogP) is 1.28. The molecular weight excluding hydrogens is 328 g/mol. The van der Waals surface area contributed by atoms with Crippen molar-refractivity contribution in [3.63, 3.8) is 0 Å². The number of fused-ring (bicyclic) bond motifs is 1. The molecule has 2 heterocycles. The predicted molar refractivity (Wildman–Crippen MR) is 96.5 cm³/mol. The normalized spacial score (nSPS) is 15.3. The van der Waals surface area contributed by atoms with Crippen LogP contribution in [0.25, 0.3) is 10.9 Å². The molecule has 1 saturated heterocycles. The van der Waals surface area contributed by atoms with Gasteiger partial charge in [-0.05, 0) is 44.5 Å². The van der Waals surface area contributed by atoms with E-state index in [-0.39, 0.29) is 30.4 Å². The molecule has 1 aliphatic rings. The number of carbonyl (C=O) groups excluding carboxylic acids is 1. The third-order valence-corrected chi connectivity index (χ3v) is 4.50. The molecule has 0 radical (unpaired) electrons. The lowest BCUT2D eigenvalue weighted by Crippen LogP contribution is -2.43. The van der Waals surface area contributed by atoms with Crippen molar-refractivity contribution < 1.29 is 4.79 Å². The third kappa shape index (κ3) is 3.94. The second-order valence-electron chi connectivity index (χ2n) is 6.08. The number of piperidine rings is 1. The molecule has 0 bridgehead atoms. The average Bonchev–Trinajstić information content (AvgIpc) is 2.58. The van der Waals surface area contributed by atoms with Gasteiger partial charge in [0.15, 0.2) is 0 Å². The molecule has 130 valence electrons. The molecule has 1 fully saturated rings. The number of amides is 1. The molecule has 0 atom stereocenters. The number of hydrogen-bond donors (Lipinski definition) is 1. The van der Waals surface area contributed by atoms with E-state index in [1.54, 1.807) is 12.1 Å². The van der Waals surface area contributed by atoms with Gasteiger partial charge in [0.25, 0.3) is 5.56 Å². The molecule has 0 spiro atoms. The largest absolute Gasteiger partial charge is 0.341 e. The molecule has 3 rings (SSSR count). The summed E-state index contributed by atoms with van der Waals surface area (Å²) in [5.74, 6) is 0.626. The fourth-order valence-corrected chi connectivity index (χ4v) is 3.14. The Morgan fingerprint density at radius 2 is 2.00 bits per heavy atom. The van der Waals surface area contributed by atoms with Crippen LogP contribution >= 0.6 is 12.4 Å². The van der Waals surface area contributed by atoms with Crippen LogP contribution in [0.15, 0.2) is 35.4 Å². The molecule has 1 aliphatic heterocycles. The molecule has 1 N–H and O–H groups in total. The van der Waals surface area contributed by atoms with Gasteiger partial charge in [0.05, 0.1) is 17.2 Å². The summed E-state index contributed by atoms with van der Waals surface area (Å²) in [6.07, 6.45) is 3.49. The monoisotopic (exact) mass is 350 g/mol. The summed E-state index contributed by atoms with van der Waals surface area (Å²) in [5.41, 5.74) is 0.503. The number of nitrogens with one attached hydrogen (secondary N) is 1. The second-order valence-corrected chi connectivity index (χ2v) is 6.08. The molecule has 0 unspecified atom stereocenters. The SMILES string of the molecule is CNCC1CCN(C(=O)Cn2cnc3ccccc3c2=O)CC1.Cl. The third-order valence-electron chi connectivity index (χ3n) is 4.50. The standard InChI is InChI=1S/C17H22N4O2.ClH/c1-18-10-13-6-8-20(9-7-13)16(22)11-21-12-19-15-5-3-2-4-14(15)17(21)23;/h2-5,12-13,18H,6-11H2,1H3;1H. The van der Waals surface area contributed by atoms with E-state index in [0.29, 0.717) is 16.8 Å². The van der Waals surface area contributed by atoms with Crippen LogP contribution < -0.4 is 10.9 Å². The zero-order chi connectivity index (χ0) is 16.2. The van der Waals surface area contributed by atoms with Crippen LogP contribution in [0.1, 0.15) is 12.8 Å². The summed E-state index contributed by atoms with van der Waals surface area (Å²) in [6, 6.07) is 7.20. The number of aromatic nitrogens is 2. The highest BCUT2D eigenvalue weighted by Gasteiger charge is 2.22. The first-order valence-corrected chi connectivity index (χ1v) is 8.05. The molecule has 1 aromatic heterocycles. The summed E-state index contributed by atoms with van der Waals surface area (Å²) in [6.45, 7) is 2.59. The Bertz CT molecular complexity index is 754. The molecule has 7 heteroatoms. The Balaban J connectivity index is 0.00000208. The first-order valence-electron chi connectivity index (χ1n) is 8.05. The highest BCUT2D eigenvalue weighted by molar-refractivity contribution is 5.85. The van der Waals surface area contributed by atoms with E-state index in [2.05, 4.69) is 10.3 Å². The van der Waals surface area contributed by atoms with Crippen LogP contribution in [-0.4, -0.2) is 47.0 Å². The minimum atomic E-state index is -0.158. The summed E-state index contributed by atoms with van der Waals surface area (Å²) in [7, 11) is 1.96. The van der Waals surface area contributed by atoms with Crippen molar-refractivity contribution in [1.29, 1.82) is 0 Å². The Kier molecular flexibility index (Phi) is 6.34. The van der Waals surface area contributed by atoms with Crippen molar-refractivity contribution in [1.82, 2.24) is 19.8 Å². The van der Waals surface area contributed by atoms with Crippen molar-refractivity contribution in [2.45, 2.75) is 19.4 Å². The highest BCUT2D eigenvalue weighted by Crippen LogP contribution is 2.16. The van der Waals surface area contributed by atoms with Gasteiger partial charge in [-0.1, -0.05) is 12.1 Å².